The quantitative estimate of drug-likeness (QED) is 0.700. The topological polar surface area (TPSA) is 131 Å². The first-order chi connectivity index (χ1) is 9.90. The van der Waals surface area contributed by atoms with E-state index in [0.717, 1.165) is 5.56 Å². The van der Waals surface area contributed by atoms with Gasteiger partial charge in [-0.05, 0) is 18.6 Å². The molecular weight excluding hydrogens is 276 g/mol. The molecule has 2 rings (SSSR count). The summed E-state index contributed by atoms with van der Waals surface area (Å²) in [6, 6.07) is 5.08. The van der Waals surface area contributed by atoms with Gasteiger partial charge in [-0.25, -0.2) is 9.48 Å². The van der Waals surface area contributed by atoms with Gasteiger partial charge in [0.25, 0.3) is 0 Å². The van der Waals surface area contributed by atoms with Crippen LogP contribution in [0.2, 0.25) is 0 Å². The molecule has 0 spiro atoms. The van der Waals surface area contributed by atoms with Gasteiger partial charge in [-0.1, -0.05) is 17.3 Å². The van der Waals surface area contributed by atoms with E-state index in [1.807, 2.05) is 6.92 Å². The van der Waals surface area contributed by atoms with Crippen molar-refractivity contribution in [2.24, 2.45) is 0 Å². The summed E-state index contributed by atoms with van der Waals surface area (Å²) < 4.78 is 1.27. The highest BCUT2D eigenvalue weighted by molar-refractivity contribution is 5.93. The van der Waals surface area contributed by atoms with Crippen LogP contribution in [0.1, 0.15) is 22.5 Å². The van der Waals surface area contributed by atoms with Crippen molar-refractivity contribution in [3.63, 3.8) is 0 Å². The molecule has 0 amide bonds. The monoisotopic (exact) mass is 290 g/mol. The molecule has 1 aromatic carbocycles. The number of benzene rings is 1. The fourth-order valence-corrected chi connectivity index (χ4v) is 1.89. The summed E-state index contributed by atoms with van der Waals surface area (Å²) in [6.07, 6.45) is -0.184. The molecule has 0 fully saturated rings. The summed E-state index contributed by atoms with van der Waals surface area (Å²) in [7, 11) is 0. The summed E-state index contributed by atoms with van der Waals surface area (Å²) in [4.78, 5) is 21.9. The van der Waals surface area contributed by atoms with Gasteiger partial charge in [0.15, 0.2) is 5.69 Å². The number of nitrogens with zero attached hydrogens (tertiary/aromatic N) is 3. The third-order valence-electron chi connectivity index (χ3n) is 3.03. The maximum absolute atomic E-state index is 11.2. The largest absolute Gasteiger partial charge is 0.481 e. The highest BCUT2D eigenvalue weighted by Gasteiger charge is 2.21. The number of anilines is 1. The zero-order chi connectivity index (χ0) is 15.6. The summed E-state index contributed by atoms with van der Waals surface area (Å²) in [6.45, 7) is 1.86. The number of rotatable bonds is 5. The van der Waals surface area contributed by atoms with Gasteiger partial charge < -0.3 is 15.9 Å². The van der Waals surface area contributed by atoms with Crippen molar-refractivity contribution in [3.8, 4) is 11.3 Å². The van der Waals surface area contributed by atoms with Gasteiger partial charge in [0.1, 0.15) is 5.69 Å². The van der Waals surface area contributed by atoms with Crippen LogP contribution in [0.15, 0.2) is 18.2 Å². The van der Waals surface area contributed by atoms with Gasteiger partial charge >= 0.3 is 11.9 Å². The summed E-state index contributed by atoms with van der Waals surface area (Å²) in [5.41, 5.74) is 7.75. The summed E-state index contributed by atoms with van der Waals surface area (Å²) >= 11 is 0. The molecule has 8 nitrogen and oxygen atoms in total. The molecule has 4 N–H and O–H groups in total. The lowest BCUT2D eigenvalue weighted by atomic mass is 10.1. The van der Waals surface area contributed by atoms with E-state index in [1.54, 1.807) is 18.2 Å². The van der Waals surface area contributed by atoms with E-state index in [4.69, 9.17) is 10.8 Å². The van der Waals surface area contributed by atoms with Crippen molar-refractivity contribution < 1.29 is 19.8 Å². The van der Waals surface area contributed by atoms with Crippen LogP contribution in [0.4, 0.5) is 5.69 Å². The normalized spacial score (nSPS) is 10.5. The van der Waals surface area contributed by atoms with Gasteiger partial charge in [-0.15, -0.1) is 5.10 Å². The van der Waals surface area contributed by atoms with E-state index in [1.165, 1.54) is 4.68 Å². The van der Waals surface area contributed by atoms with Gasteiger partial charge in [-0.3, -0.25) is 4.79 Å². The second-order valence-corrected chi connectivity index (χ2v) is 4.53. The first-order valence-electron chi connectivity index (χ1n) is 6.15. The molecule has 0 aliphatic heterocycles. The van der Waals surface area contributed by atoms with Crippen molar-refractivity contribution >= 4 is 17.6 Å². The fraction of sp³-hybridized carbons (Fsp3) is 0.231. The lowest BCUT2D eigenvalue weighted by Gasteiger charge is -2.08. The number of aryl methyl sites for hydroxylation is 2. The Hall–Kier alpha value is -2.90. The Balaban J connectivity index is 2.52. The minimum atomic E-state index is -1.23. The average Bonchev–Trinajstić information content (AvgIpc) is 2.83. The van der Waals surface area contributed by atoms with E-state index in [-0.39, 0.29) is 24.4 Å². The smallest absolute Gasteiger partial charge is 0.358 e. The summed E-state index contributed by atoms with van der Waals surface area (Å²) in [5, 5.41) is 25.2. The Labute approximate surface area is 119 Å². The average molecular weight is 290 g/mol. The zero-order valence-corrected chi connectivity index (χ0v) is 11.3. The zero-order valence-electron chi connectivity index (χ0n) is 11.3. The van der Waals surface area contributed by atoms with Gasteiger partial charge in [-0.2, -0.15) is 0 Å². The van der Waals surface area contributed by atoms with Crippen LogP contribution in [0.25, 0.3) is 11.3 Å². The SMILES string of the molecule is Cc1ccc(-c2c(C(=O)O)nnn2CCC(=O)O)cc1N. The van der Waals surface area contributed by atoms with Gasteiger partial charge in [0.2, 0.25) is 0 Å². The number of carbonyl (C=O) groups is 2. The number of aromatic nitrogens is 3. The Kier molecular flexibility index (Phi) is 3.88. The minimum Gasteiger partial charge on any atom is -0.481 e. The first-order valence-corrected chi connectivity index (χ1v) is 6.15. The molecule has 0 saturated carbocycles. The standard InChI is InChI=1S/C13H14N4O4/c1-7-2-3-8(6-9(7)14)12-11(13(20)21)15-16-17(12)5-4-10(18)19/h2-3,6H,4-5,14H2,1H3,(H,18,19)(H,20,21). The molecule has 0 atom stereocenters. The van der Waals surface area contributed by atoms with Crippen LogP contribution in [0.5, 0.6) is 0 Å². The van der Waals surface area contributed by atoms with Crippen molar-refractivity contribution in [3.05, 3.63) is 29.5 Å². The maximum Gasteiger partial charge on any atom is 0.358 e. The number of carboxylic acid groups (broad SMARTS) is 2. The first kappa shape index (κ1) is 14.5. The summed E-state index contributed by atoms with van der Waals surface area (Å²) in [5.74, 6) is -2.23. The van der Waals surface area contributed by atoms with E-state index in [9.17, 15) is 14.7 Å². The molecule has 0 saturated heterocycles. The number of hydrogen-bond acceptors (Lipinski definition) is 5. The number of nitrogens with two attached hydrogens (primary N) is 1. The van der Waals surface area contributed by atoms with Crippen molar-refractivity contribution in [1.29, 1.82) is 0 Å². The molecule has 0 radical (unpaired) electrons. The van der Waals surface area contributed by atoms with Crippen LogP contribution in [-0.4, -0.2) is 37.1 Å². The van der Waals surface area contributed by atoms with Crippen molar-refractivity contribution in [2.75, 3.05) is 5.73 Å². The highest BCUT2D eigenvalue weighted by Crippen LogP contribution is 2.26. The number of carboxylic acids is 2. The second-order valence-electron chi connectivity index (χ2n) is 4.53. The lowest BCUT2D eigenvalue weighted by Crippen LogP contribution is -2.09. The molecule has 8 heteroatoms. The Morgan fingerprint density at radius 3 is 2.62 bits per heavy atom. The van der Waals surface area contributed by atoms with E-state index in [0.29, 0.717) is 11.3 Å². The van der Waals surface area contributed by atoms with Crippen LogP contribution in [-0.2, 0) is 11.3 Å². The van der Waals surface area contributed by atoms with E-state index in [2.05, 4.69) is 10.3 Å². The number of aliphatic carboxylic acids is 1. The molecule has 2 aromatic rings. The second kappa shape index (κ2) is 5.61. The number of hydrogen-bond donors (Lipinski definition) is 3. The van der Waals surface area contributed by atoms with Crippen molar-refractivity contribution in [2.45, 2.75) is 19.9 Å². The van der Waals surface area contributed by atoms with Crippen LogP contribution in [0.3, 0.4) is 0 Å². The molecule has 0 unspecified atom stereocenters. The highest BCUT2D eigenvalue weighted by atomic mass is 16.4. The molecule has 0 aliphatic carbocycles. The van der Waals surface area contributed by atoms with E-state index < -0.39 is 11.9 Å². The third-order valence-corrected chi connectivity index (χ3v) is 3.03. The van der Waals surface area contributed by atoms with E-state index >= 15 is 0 Å². The van der Waals surface area contributed by atoms with Gasteiger partial charge in [0.05, 0.1) is 13.0 Å². The predicted molar refractivity (Wildman–Crippen MR) is 73.8 cm³/mol. The maximum atomic E-state index is 11.2. The fourth-order valence-electron chi connectivity index (χ4n) is 1.89. The van der Waals surface area contributed by atoms with Crippen molar-refractivity contribution in [1.82, 2.24) is 15.0 Å². The van der Waals surface area contributed by atoms with Gasteiger partial charge in [0, 0.05) is 11.3 Å². The molecule has 1 aromatic heterocycles. The molecule has 0 aliphatic rings. The molecular formula is C13H14N4O4. The van der Waals surface area contributed by atoms with Crippen LogP contribution in [0, 0.1) is 6.92 Å². The molecule has 21 heavy (non-hydrogen) atoms. The number of nitrogen functional groups attached to an aromatic ring is 1. The minimum absolute atomic E-state index is 0.0265. The lowest BCUT2D eigenvalue weighted by molar-refractivity contribution is -0.137. The number of aromatic carboxylic acids is 1. The molecule has 0 bridgehead atoms. The predicted octanol–water partition coefficient (Wildman–Crippen LogP) is 1.01. The van der Waals surface area contributed by atoms with Crippen LogP contribution < -0.4 is 5.73 Å². The third kappa shape index (κ3) is 2.99. The molecule has 110 valence electrons. The Morgan fingerprint density at radius 2 is 2.05 bits per heavy atom. The Morgan fingerprint density at radius 1 is 1.33 bits per heavy atom. The Bertz CT molecular complexity index is 708. The molecule has 1 heterocycles. The van der Waals surface area contributed by atoms with Crippen LogP contribution >= 0.6 is 0 Å².